The lowest BCUT2D eigenvalue weighted by molar-refractivity contribution is 0.0697. The van der Waals surface area contributed by atoms with Crippen LogP contribution in [0.5, 0.6) is 11.5 Å². The van der Waals surface area contributed by atoms with Crippen LogP contribution in [-0.2, 0) is 26.7 Å². The van der Waals surface area contributed by atoms with E-state index < -0.39 is 5.97 Å². The molecule has 0 saturated heterocycles. The fourth-order valence-corrected chi connectivity index (χ4v) is 3.55. The molecule has 0 atom stereocenters. The molecular weight excluding hydrogens is 394 g/mol. The third kappa shape index (κ3) is 5.06. The molecule has 0 radical (unpaired) electrons. The summed E-state index contributed by atoms with van der Waals surface area (Å²) in [7, 11) is 3.62. The molecule has 0 amide bonds. The van der Waals surface area contributed by atoms with Gasteiger partial charge in [0.05, 0.1) is 24.1 Å². The zero-order valence-electron chi connectivity index (χ0n) is 17.8. The fraction of sp³-hybridized carbons (Fsp3) is 0.333. The number of rotatable bonds is 10. The van der Waals surface area contributed by atoms with E-state index in [1.807, 2.05) is 29.9 Å². The van der Waals surface area contributed by atoms with Crippen LogP contribution in [-0.4, -0.2) is 28.0 Å². The van der Waals surface area contributed by atoms with Gasteiger partial charge in [-0.3, -0.25) is 4.68 Å². The van der Waals surface area contributed by atoms with Crippen molar-refractivity contribution < 1.29 is 19.4 Å². The van der Waals surface area contributed by atoms with Gasteiger partial charge in [0.25, 0.3) is 0 Å². The molecule has 4 rings (SSSR count). The van der Waals surface area contributed by atoms with Crippen molar-refractivity contribution in [1.82, 2.24) is 15.1 Å². The molecule has 0 spiro atoms. The molecule has 7 heteroatoms. The van der Waals surface area contributed by atoms with Crippen molar-refractivity contribution in [3.8, 4) is 11.5 Å². The second kappa shape index (κ2) is 9.22. The summed E-state index contributed by atoms with van der Waals surface area (Å²) in [6.07, 6.45) is 2.50. The van der Waals surface area contributed by atoms with Gasteiger partial charge in [0.1, 0.15) is 6.61 Å². The molecule has 3 aromatic rings. The molecule has 1 aliphatic carbocycles. The zero-order chi connectivity index (χ0) is 21.8. The Morgan fingerprint density at radius 2 is 1.97 bits per heavy atom. The predicted molar refractivity (Wildman–Crippen MR) is 116 cm³/mol. The molecule has 31 heavy (non-hydrogen) atoms. The van der Waals surface area contributed by atoms with Crippen molar-refractivity contribution in [2.45, 2.75) is 38.5 Å². The molecule has 1 aliphatic rings. The van der Waals surface area contributed by atoms with Crippen molar-refractivity contribution in [2.75, 3.05) is 7.11 Å². The van der Waals surface area contributed by atoms with Gasteiger partial charge in [-0.2, -0.15) is 5.10 Å². The summed E-state index contributed by atoms with van der Waals surface area (Å²) in [5.74, 6) is 1.06. The molecule has 1 fully saturated rings. The van der Waals surface area contributed by atoms with Crippen LogP contribution in [0.15, 0.2) is 48.5 Å². The Morgan fingerprint density at radius 3 is 2.65 bits per heavy atom. The lowest BCUT2D eigenvalue weighted by Gasteiger charge is -2.15. The van der Waals surface area contributed by atoms with E-state index in [4.69, 9.17) is 14.6 Å². The molecule has 0 unspecified atom stereocenters. The molecule has 1 heterocycles. The number of hydrogen-bond acceptors (Lipinski definition) is 5. The summed E-state index contributed by atoms with van der Waals surface area (Å²) < 4.78 is 13.5. The summed E-state index contributed by atoms with van der Waals surface area (Å²) in [6, 6.07) is 14.7. The van der Waals surface area contributed by atoms with Crippen LogP contribution in [0, 0.1) is 0 Å². The Bertz CT molecular complexity index is 1060. The zero-order valence-corrected chi connectivity index (χ0v) is 17.8. The average molecular weight is 421 g/mol. The standard InChI is InChI=1S/C24H27N3O4/c1-27-20(12-21(26-27)17-10-11-17)14-25-13-19-4-3-5-22(23(19)30-2)31-15-16-6-8-18(9-7-16)24(28)29/h3-9,12,17,25H,10-11,13-15H2,1-2H3,(H,28,29). The number of hydrogen-bond donors (Lipinski definition) is 2. The van der Waals surface area contributed by atoms with E-state index in [-0.39, 0.29) is 5.56 Å². The number of para-hydroxylation sites is 1. The lowest BCUT2D eigenvalue weighted by Crippen LogP contribution is -2.16. The monoisotopic (exact) mass is 421 g/mol. The Labute approximate surface area is 181 Å². The number of carboxylic acid groups (broad SMARTS) is 1. The van der Waals surface area contributed by atoms with E-state index in [1.54, 1.807) is 31.4 Å². The summed E-state index contributed by atoms with van der Waals surface area (Å²) >= 11 is 0. The van der Waals surface area contributed by atoms with Crippen molar-refractivity contribution in [2.24, 2.45) is 7.05 Å². The Morgan fingerprint density at radius 1 is 1.19 bits per heavy atom. The number of benzene rings is 2. The smallest absolute Gasteiger partial charge is 0.335 e. The molecule has 1 aromatic heterocycles. The van der Waals surface area contributed by atoms with E-state index in [0.717, 1.165) is 23.4 Å². The maximum absolute atomic E-state index is 11.0. The van der Waals surface area contributed by atoms with Crippen LogP contribution in [0.1, 0.15) is 51.6 Å². The summed E-state index contributed by atoms with van der Waals surface area (Å²) in [5.41, 5.74) is 4.51. The van der Waals surface area contributed by atoms with Crippen LogP contribution >= 0.6 is 0 Å². The van der Waals surface area contributed by atoms with Crippen molar-refractivity contribution >= 4 is 5.97 Å². The number of carboxylic acids is 1. The maximum Gasteiger partial charge on any atom is 0.335 e. The molecule has 2 N–H and O–H groups in total. The minimum absolute atomic E-state index is 0.257. The predicted octanol–water partition coefficient (Wildman–Crippen LogP) is 3.87. The highest BCUT2D eigenvalue weighted by Crippen LogP contribution is 2.39. The first kappa shape index (κ1) is 20.9. The highest BCUT2D eigenvalue weighted by Gasteiger charge is 2.26. The number of aromatic nitrogens is 2. The minimum Gasteiger partial charge on any atom is -0.493 e. The van der Waals surface area contributed by atoms with E-state index >= 15 is 0 Å². The molecule has 2 aromatic carbocycles. The number of methoxy groups -OCH3 is 1. The van der Waals surface area contributed by atoms with Crippen LogP contribution < -0.4 is 14.8 Å². The molecule has 162 valence electrons. The Hall–Kier alpha value is -3.32. The van der Waals surface area contributed by atoms with Gasteiger partial charge in [-0.05, 0) is 42.7 Å². The number of ether oxygens (including phenoxy) is 2. The largest absolute Gasteiger partial charge is 0.493 e. The van der Waals surface area contributed by atoms with Gasteiger partial charge in [0, 0.05) is 31.6 Å². The second-order valence-corrected chi connectivity index (χ2v) is 7.80. The molecule has 0 bridgehead atoms. The SMILES string of the molecule is COc1c(CNCc2cc(C3CC3)nn2C)cccc1OCc1ccc(C(=O)O)cc1. The fourth-order valence-electron chi connectivity index (χ4n) is 3.55. The van der Waals surface area contributed by atoms with Gasteiger partial charge in [-0.25, -0.2) is 4.79 Å². The van der Waals surface area contributed by atoms with Gasteiger partial charge >= 0.3 is 5.97 Å². The molecule has 7 nitrogen and oxygen atoms in total. The highest BCUT2D eigenvalue weighted by molar-refractivity contribution is 5.87. The molecule has 1 saturated carbocycles. The maximum atomic E-state index is 11.0. The quantitative estimate of drug-likeness (QED) is 0.517. The number of carbonyl (C=O) groups is 1. The van der Waals surface area contributed by atoms with Crippen molar-refractivity contribution in [3.05, 3.63) is 76.6 Å². The van der Waals surface area contributed by atoms with Crippen LogP contribution in [0.25, 0.3) is 0 Å². The highest BCUT2D eigenvalue weighted by atomic mass is 16.5. The normalized spacial score (nSPS) is 13.2. The van der Waals surface area contributed by atoms with Crippen LogP contribution in [0.4, 0.5) is 0 Å². The number of nitrogens with one attached hydrogen (secondary N) is 1. The third-order valence-corrected chi connectivity index (χ3v) is 5.47. The Balaban J connectivity index is 1.37. The second-order valence-electron chi connectivity index (χ2n) is 7.80. The van der Waals surface area contributed by atoms with Gasteiger partial charge in [0.2, 0.25) is 0 Å². The summed E-state index contributed by atoms with van der Waals surface area (Å²) in [4.78, 5) is 11.0. The topological polar surface area (TPSA) is 85.6 Å². The first-order valence-electron chi connectivity index (χ1n) is 10.4. The number of nitrogens with zero attached hydrogens (tertiary/aromatic N) is 2. The van der Waals surface area contributed by atoms with Crippen molar-refractivity contribution in [3.63, 3.8) is 0 Å². The number of aryl methyl sites for hydroxylation is 1. The van der Waals surface area contributed by atoms with Crippen LogP contribution in [0.3, 0.4) is 0 Å². The Kier molecular flexibility index (Phi) is 6.23. The molecule has 0 aliphatic heterocycles. The van der Waals surface area contributed by atoms with Gasteiger partial charge in [-0.1, -0.05) is 24.3 Å². The van der Waals surface area contributed by atoms with Gasteiger partial charge in [-0.15, -0.1) is 0 Å². The third-order valence-electron chi connectivity index (χ3n) is 5.47. The van der Waals surface area contributed by atoms with E-state index in [9.17, 15) is 4.79 Å². The van der Waals surface area contributed by atoms with E-state index in [1.165, 1.54) is 18.5 Å². The van der Waals surface area contributed by atoms with Gasteiger partial charge in [0.15, 0.2) is 11.5 Å². The first-order valence-corrected chi connectivity index (χ1v) is 10.4. The summed E-state index contributed by atoms with van der Waals surface area (Å²) in [5, 5.41) is 17.1. The first-order chi connectivity index (χ1) is 15.0. The van der Waals surface area contributed by atoms with Crippen molar-refractivity contribution in [1.29, 1.82) is 0 Å². The van der Waals surface area contributed by atoms with Gasteiger partial charge < -0.3 is 19.9 Å². The minimum atomic E-state index is -0.941. The van der Waals surface area contributed by atoms with Crippen LogP contribution in [0.2, 0.25) is 0 Å². The lowest BCUT2D eigenvalue weighted by atomic mass is 10.1. The average Bonchev–Trinajstić information content (AvgIpc) is 3.56. The van der Waals surface area contributed by atoms with E-state index in [0.29, 0.717) is 30.6 Å². The number of aromatic carboxylic acids is 1. The summed E-state index contributed by atoms with van der Waals surface area (Å²) in [6.45, 7) is 1.68. The molecular formula is C24H27N3O4. The van der Waals surface area contributed by atoms with E-state index in [2.05, 4.69) is 16.5 Å².